The summed E-state index contributed by atoms with van der Waals surface area (Å²) < 4.78 is 33.7. The van der Waals surface area contributed by atoms with Crippen molar-refractivity contribution in [3.05, 3.63) is 95.6 Å². The van der Waals surface area contributed by atoms with E-state index in [1.54, 1.807) is 20.9 Å². The number of nitrogens with zero attached hydrogens (tertiary/aromatic N) is 2. The van der Waals surface area contributed by atoms with Crippen molar-refractivity contribution in [1.82, 2.24) is 20.4 Å². The summed E-state index contributed by atoms with van der Waals surface area (Å²) in [6, 6.07) is 19.0. The lowest BCUT2D eigenvalue weighted by Gasteiger charge is -2.35. The van der Waals surface area contributed by atoms with Crippen molar-refractivity contribution < 1.29 is 33.0 Å². The van der Waals surface area contributed by atoms with E-state index in [0.717, 1.165) is 48.2 Å². The fraction of sp³-hybridized carbons (Fsp3) is 0.447. The molecule has 9 nitrogen and oxygen atoms in total. The van der Waals surface area contributed by atoms with Crippen molar-refractivity contribution in [1.29, 1.82) is 0 Å². The van der Waals surface area contributed by atoms with Crippen molar-refractivity contribution in [2.75, 3.05) is 47.0 Å². The third-order valence-electron chi connectivity index (χ3n) is 9.04. The van der Waals surface area contributed by atoms with Gasteiger partial charge < -0.3 is 30.3 Å². The molecule has 0 spiro atoms. The quantitative estimate of drug-likeness (QED) is 0.212. The van der Waals surface area contributed by atoms with Crippen LogP contribution in [0.5, 0.6) is 0 Å². The van der Waals surface area contributed by atoms with Crippen molar-refractivity contribution in [2.24, 2.45) is 5.41 Å². The van der Waals surface area contributed by atoms with Gasteiger partial charge in [-0.15, -0.1) is 0 Å². The standard InChI is InChI=1S/C38H48F2N4O5/c1-38(2,25-45)24-42-36(47)33(21-27-14-17-31(39)32(40)19-27)44(4)37(48)34(43(3)35(46)23-49-22-30-11-8-18-41-30)20-26-12-15-29(16-13-26)28-9-6-5-7-10-28/h5-7,9-10,12-17,19,30,33-34,41,45H,8,11,18,20-25H2,1-4H3,(H,42,47)/t30-,33-,34-/m1/s1. The largest absolute Gasteiger partial charge is 0.396 e. The molecule has 0 aliphatic carbocycles. The maximum atomic E-state index is 14.4. The number of carbonyl (C=O) groups is 3. The van der Waals surface area contributed by atoms with Gasteiger partial charge in [-0.25, -0.2) is 8.78 Å². The second-order valence-electron chi connectivity index (χ2n) is 13.6. The van der Waals surface area contributed by atoms with Crippen LogP contribution in [0.3, 0.4) is 0 Å². The van der Waals surface area contributed by atoms with E-state index in [9.17, 15) is 28.3 Å². The zero-order chi connectivity index (χ0) is 35.6. The summed E-state index contributed by atoms with van der Waals surface area (Å²) >= 11 is 0. The highest BCUT2D eigenvalue weighted by Crippen LogP contribution is 2.22. The number of amides is 3. The summed E-state index contributed by atoms with van der Waals surface area (Å²) in [6.45, 7) is 4.54. The molecule has 1 saturated heterocycles. The summed E-state index contributed by atoms with van der Waals surface area (Å²) in [6.07, 6.45) is 2.05. The predicted octanol–water partition coefficient (Wildman–Crippen LogP) is 3.97. The molecule has 4 rings (SSSR count). The number of nitrogens with one attached hydrogen (secondary N) is 2. The Morgan fingerprint density at radius 1 is 0.918 bits per heavy atom. The lowest BCUT2D eigenvalue weighted by Crippen LogP contribution is -2.57. The number of aliphatic hydroxyl groups is 1. The molecule has 1 heterocycles. The lowest BCUT2D eigenvalue weighted by molar-refractivity contribution is -0.149. The summed E-state index contributed by atoms with van der Waals surface area (Å²) in [4.78, 5) is 44.1. The zero-order valence-corrected chi connectivity index (χ0v) is 28.8. The Morgan fingerprint density at radius 3 is 2.20 bits per heavy atom. The van der Waals surface area contributed by atoms with Crippen molar-refractivity contribution in [3.8, 4) is 11.1 Å². The first-order chi connectivity index (χ1) is 23.4. The number of halogens is 2. The summed E-state index contributed by atoms with van der Waals surface area (Å²) in [5.74, 6) is -3.53. The Kier molecular flexibility index (Phi) is 13.4. The van der Waals surface area contributed by atoms with Crippen LogP contribution in [0.15, 0.2) is 72.8 Å². The maximum absolute atomic E-state index is 14.4. The van der Waals surface area contributed by atoms with Crippen LogP contribution in [-0.4, -0.2) is 97.8 Å². The average molecular weight is 679 g/mol. The number of ether oxygens (including phenoxy) is 1. The van der Waals surface area contributed by atoms with Crippen LogP contribution in [0.2, 0.25) is 0 Å². The van der Waals surface area contributed by atoms with Gasteiger partial charge in [-0.05, 0) is 53.8 Å². The fourth-order valence-electron chi connectivity index (χ4n) is 5.72. The highest BCUT2D eigenvalue weighted by molar-refractivity contribution is 5.92. The Bertz CT molecular complexity index is 1550. The predicted molar refractivity (Wildman–Crippen MR) is 184 cm³/mol. The summed E-state index contributed by atoms with van der Waals surface area (Å²) in [5.41, 5.74) is 2.51. The normalized spacial score (nSPS) is 15.8. The molecule has 0 saturated carbocycles. The molecular formula is C38H48F2N4O5. The third kappa shape index (κ3) is 10.6. The molecule has 1 aliphatic rings. The lowest BCUT2D eigenvalue weighted by atomic mass is 9.94. The molecule has 0 bridgehead atoms. The maximum Gasteiger partial charge on any atom is 0.249 e. The van der Waals surface area contributed by atoms with Gasteiger partial charge in [-0.1, -0.05) is 74.5 Å². The molecule has 1 fully saturated rings. The molecule has 0 aromatic heterocycles. The molecule has 3 N–H and O–H groups in total. The summed E-state index contributed by atoms with van der Waals surface area (Å²) in [5, 5.41) is 15.9. The number of aliphatic hydroxyl groups excluding tert-OH is 1. The molecule has 3 aromatic carbocycles. The fourth-order valence-corrected chi connectivity index (χ4v) is 5.72. The van der Waals surface area contributed by atoms with Gasteiger partial charge in [-0.3, -0.25) is 14.4 Å². The van der Waals surface area contributed by atoms with Crippen LogP contribution in [0, 0.1) is 17.0 Å². The molecule has 3 amide bonds. The highest BCUT2D eigenvalue weighted by atomic mass is 19.2. The van der Waals surface area contributed by atoms with Gasteiger partial charge >= 0.3 is 0 Å². The minimum absolute atomic E-state index is 0.113. The number of likely N-dealkylation sites (N-methyl/N-ethyl adjacent to an activating group) is 2. The van der Waals surface area contributed by atoms with E-state index in [-0.39, 0.29) is 38.6 Å². The van der Waals surface area contributed by atoms with Crippen molar-refractivity contribution >= 4 is 17.7 Å². The SMILES string of the molecule is CN(C(=O)COC[C@H]1CCCN1)[C@H](Cc1ccc(-c2ccccc2)cc1)C(=O)N(C)[C@H](Cc1ccc(F)c(F)c1)C(=O)NCC(C)(C)CO. The van der Waals surface area contributed by atoms with E-state index in [1.807, 2.05) is 54.6 Å². The topological polar surface area (TPSA) is 111 Å². The molecule has 0 unspecified atom stereocenters. The summed E-state index contributed by atoms with van der Waals surface area (Å²) in [7, 11) is 3.01. The number of carbonyl (C=O) groups excluding carboxylic acids is 3. The van der Waals surface area contributed by atoms with E-state index in [2.05, 4.69) is 10.6 Å². The van der Waals surface area contributed by atoms with Gasteiger partial charge in [0.1, 0.15) is 18.7 Å². The Labute approximate surface area is 287 Å². The van der Waals surface area contributed by atoms with Gasteiger partial charge in [0.15, 0.2) is 11.6 Å². The van der Waals surface area contributed by atoms with E-state index >= 15 is 0 Å². The Hall–Kier alpha value is -4.19. The molecule has 3 aromatic rings. The smallest absolute Gasteiger partial charge is 0.249 e. The molecular weight excluding hydrogens is 630 g/mol. The first-order valence-electron chi connectivity index (χ1n) is 16.7. The van der Waals surface area contributed by atoms with Gasteiger partial charge in [-0.2, -0.15) is 0 Å². The number of hydrogen-bond acceptors (Lipinski definition) is 6. The number of hydrogen-bond donors (Lipinski definition) is 3. The minimum atomic E-state index is -1.14. The van der Waals surface area contributed by atoms with Crippen LogP contribution >= 0.6 is 0 Å². The van der Waals surface area contributed by atoms with Crippen molar-refractivity contribution in [2.45, 2.75) is 57.7 Å². The Balaban J connectivity index is 1.60. The van der Waals surface area contributed by atoms with Crippen LogP contribution in [-0.2, 0) is 32.0 Å². The highest BCUT2D eigenvalue weighted by Gasteiger charge is 2.36. The minimum Gasteiger partial charge on any atom is -0.396 e. The molecule has 49 heavy (non-hydrogen) atoms. The second kappa shape index (κ2) is 17.5. The first-order valence-corrected chi connectivity index (χ1v) is 16.7. The second-order valence-corrected chi connectivity index (χ2v) is 13.6. The Morgan fingerprint density at radius 2 is 1.57 bits per heavy atom. The van der Waals surface area contributed by atoms with Crippen LogP contribution in [0.4, 0.5) is 8.78 Å². The zero-order valence-electron chi connectivity index (χ0n) is 28.8. The van der Waals surface area contributed by atoms with Crippen LogP contribution < -0.4 is 10.6 Å². The van der Waals surface area contributed by atoms with E-state index in [1.165, 1.54) is 22.9 Å². The average Bonchev–Trinajstić information content (AvgIpc) is 3.63. The first kappa shape index (κ1) is 37.6. The number of benzene rings is 3. The van der Waals surface area contributed by atoms with Gasteiger partial charge in [0.2, 0.25) is 17.7 Å². The molecule has 3 atom stereocenters. The van der Waals surface area contributed by atoms with E-state index in [4.69, 9.17) is 4.74 Å². The van der Waals surface area contributed by atoms with Gasteiger partial charge in [0.05, 0.1) is 6.61 Å². The van der Waals surface area contributed by atoms with Crippen molar-refractivity contribution in [3.63, 3.8) is 0 Å². The van der Waals surface area contributed by atoms with Crippen LogP contribution in [0.1, 0.15) is 37.8 Å². The number of rotatable bonds is 16. The van der Waals surface area contributed by atoms with Gasteiger partial charge in [0, 0.05) is 51.5 Å². The van der Waals surface area contributed by atoms with E-state index in [0.29, 0.717) is 12.2 Å². The monoisotopic (exact) mass is 678 g/mol. The molecule has 1 aliphatic heterocycles. The third-order valence-corrected chi connectivity index (χ3v) is 9.04. The molecule has 11 heteroatoms. The van der Waals surface area contributed by atoms with Gasteiger partial charge in [0.25, 0.3) is 0 Å². The molecule has 0 radical (unpaired) electrons. The van der Waals surface area contributed by atoms with E-state index < -0.39 is 46.9 Å². The van der Waals surface area contributed by atoms with Crippen LogP contribution in [0.25, 0.3) is 11.1 Å². The molecule has 264 valence electrons.